The van der Waals surface area contributed by atoms with Crippen LogP contribution in [0.2, 0.25) is 0 Å². The fraction of sp³-hybridized carbons (Fsp3) is 0.0870. The topological polar surface area (TPSA) is 94.2 Å². The minimum absolute atomic E-state index is 0.121. The summed E-state index contributed by atoms with van der Waals surface area (Å²) in [6.07, 6.45) is 1.64. The molecule has 0 aliphatic heterocycles. The van der Waals surface area contributed by atoms with Crippen LogP contribution in [-0.4, -0.2) is 35.8 Å². The minimum Gasteiger partial charge on any atom is -0.301 e. The number of fused-ring (bicyclic) bond motifs is 3. The molecular formula is C23H18N6O2S2. The van der Waals surface area contributed by atoms with E-state index < -0.39 is 0 Å². The van der Waals surface area contributed by atoms with Gasteiger partial charge >= 0.3 is 0 Å². The molecular weight excluding hydrogens is 456 g/mol. The summed E-state index contributed by atoms with van der Waals surface area (Å²) in [7, 11) is 0. The Balaban J connectivity index is 1.38. The molecule has 1 amide bonds. The Labute approximate surface area is 196 Å². The number of carbonyl (C=O) groups is 1. The number of aromatic nitrogens is 5. The number of para-hydroxylation sites is 1. The van der Waals surface area contributed by atoms with Crippen molar-refractivity contribution in [3.8, 4) is 11.3 Å². The molecule has 3 heterocycles. The molecule has 164 valence electrons. The van der Waals surface area contributed by atoms with E-state index in [0.717, 1.165) is 11.3 Å². The zero-order valence-electron chi connectivity index (χ0n) is 17.3. The maximum Gasteiger partial charge on any atom is 0.263 e. The van der Waals surface area contributed by atoms with Gasteiger partial charge < -0.3 is 5.32 Å². The van der Waals surface area contributed by atoms with Gasteiger partial charge in [0.25, 0.3) is 5.56 Å². The Morgan fingerprint density at radius 1 is 1.12 bits per heavy atom. The Kier molecular flexibility index (Phi) is 5.76. The van der Waals surface area contributed by atoms with Gasteiger partial charge in [-0.2, -0.15) is 0 Å². The molecule has 0 unspecified atom stereocenters. The summed E-state index contributed by atoms with van der Waals surface area (Å²) in [6.45, 7) is 4.04. The quantitative estimate of drug-likeness (QED) is 0.282. The van der Waals surface area contributed by atoms with E-state index in [2.05, 4.69) is 27.1 Å². The Morgan fingerprint density at radius 3 is 2.73 bits per heavy atom. The van der Waals surface area contributed by atoms with Crippen LogP contribution in [0.1, 0.15) is 0 Å². The van der Waals surface area contributed by atoms with Crippen LogP contribution in [0.3, 0.4) is 0 Å². The fourth-order valence-corrected chi connectivity index (χ4v) is 4.95. The normalized spacial score (nSPS) is 11.2. The Bertz CT molecular complexity index is 1540. The van der Waals surface area contributed by atoms with Crippen molar-refractivity contribution < 1.29 is 4.79 Å². The average Bonchev–Trinajstić information content (AvgIpc) is 3.48. The van der Waals surface area contributed by atoms with Crippen LogP contribution in [0.4, 0.5) is 5.13 Å². The van der Waals surface area contributed by atoms with E-state index >= 15 is 0 Å². The SMILES string of the molecule is C=CCn1c(=O)c2ccccc2n2c(SCC(=O)Nc3nc(-c4ccccc4)cs3)nnc12. The summed E-state index contributed by atoms with van der Waals surface area (Å²) < 4.78 is 3.32. The van der Waals surface area contributed by atoms with Gasteiger partial charge in [0.05, 0.1) is 22.3 Å². The van der Waals surface area contributed by atoms with Gasteiger partial charge in [0.2, 0.25) is 11.7 Å². The summed E-state index contributed by atoms with van der Waals surface area (Å²) in [5, 5.41) is 14.8. The molecule has 0 aliphatic carbocycles. The number of amides is 1. The van der Waals surface area contributed by atoms with Crippen molar-refractivity contribution in [2.75, 3.05) is 11.1 Å². The molecule has 0 radical (unpaired) electrons. The van der Waals surface area contributed by atoms with Crippen molar-refractivity contribution in [1.82, 2.24) is 24.1 Å². The third-order valence-electron chi connectivity index (χ3n) is 4.94. The molecule has 5 rings (SSSR count). The van der Waals surface area contributed by atoms with Crippen LogP contribution in [0.5, 0.6) is 0 Å². The van der Waals surface area contributed by atoms with Gasteiger partial charge in [-0.1, -0.05) is 60.3 Å². The molecule has 1 N–H and O–H groups in total. The molecule has 0 bridgehead atoms. The van der Waals surface area contributed by atoms with Gasteiger partial charge in [-0.3, -0.25) is 18.6 Å². The third kappa shape index (κ3) is 4.06. The van der Waals surface area contributed by atoms with Gasteiger partial charge in [-0.05, 0) is 12.1 Å². The van der Waals surface area contributed by atoms with Gasteiger partial charge in [0.15, 0.2) is 10.3 Å². The maximum absolute atomic E-state index is 12.9. The summed E-state index contributed by atoms with van der Waals surface area (Å²) in [6, 6.07) is 17.1. The largest absolute Gasteiger partial charge is 0.301 e. The molecule has 10 heteroatoms. The number of benzene rings is 2. The highest BCUT2D eigenvalue weighted by molar-refractivity contribution is 7.99. The lowest BCUT2D eigenvalue weighted by Gasteiger charge is -2.09. The average molecular weight is 475 g/mol. The maximum atomic E-state index is 12.9. The summed E-state index contributed by atoms with van der Waals surface area (Å²) >= 11 is 2.62. The van der Waals surface area contributed by atoms with E-state index in [1.54, 1.807) is 16.5 Å². The zero-order valence-corrected chi connectivity index (χ0v) is 19.0. The molecule has 0 atom stereocenters. The van der Waals surface area contributed by atoms with Crippen molar-refractivity contribution in [2.24, 2.45) is 0 Å². The van der Waals surface area contributed by atoms with Crippen molar-refractivity contribution in [1.29, 1.82) is 0 Å². The number of thiazole rings is 1. The first-order valence-corrected chi connectivity index (χ1v) is 11.9. The smallest absolute Gasteiger partial charge is 0.263 e. The van der Waals surface area contributed by atoms with Crippen molar-refractivity contribution >= 4 is 50.8 Å². The van der Waals surface area contributed by atoms with Crippen LogP contribution < -0.4 is 10.9 Å². The highest BCUT2D eigenvalue weighted by Crippen LogP contribution is 2.25. The van der Waals surface area contributed by atoms with Crippen LogP contribution in [0, 0.1) is 0 Å². The van der Waals surface area contributed by atoms with Crippen molar-refractivity contribution in [3.05, 3.63) is 83.0 Å². The fourth-order valence-electron chi connectivity index (χ4n) is 3.48. The lowest BCUT2D eigenvalue weighted by molar-refractivity contribution is -0.113. The van der Waals surface area contributed by atoms with Crippen LogP contribution in [0.25, 0.3) is 27.9 Å². The first-order valence-electron chi connectivity index (χ1n) is 10.1. The predicted molar refractivity (Wildman–Crippen MR) is 132 cm³/mol. The van der Waals surface area contributed by atoms with E-state index in [1.807, 2.05) is 53.9 Å². The number of hydrogen-bond acceptors (Lipinski definition) is 7. The lowest BCUT2D eigenvalue weighted by atomic mass is 10.2. The predicted octanol–water partition coefficient (Wildman–Crippen LogP) is 4.08. The van der Waals surface area contributed by atoms with E-state index in [0.29, 0.717) is 33.5 Å². The first kappa shape index (κ1) is 21.1. The number of nitrogens with one attached hydrogen (secondary N) is 1. The minimum atomic E-state index is -0.200. The van der Waals surface area contributed by atoms with Crippen molar-refractivity contribution in [2.45, 2.75) is 11.7 Å². The molecule has 5 aromatic rings. The van der Waals surface area contributed by atoms with E-state index in [-0.39, 0.29) is 17.2 Å². The molecule has 0 spiro atoms. The highest BCUT2D eigenvalue weighted by Gasteiger charge is 2.17. The molecule has 3 aromatic heterocycles. The number of carbonyl (C=O) groups excluding carboxylic acids is 1. The van der Waals surface area contributed by atoms with Gasteiger partial charge in [0.1, 0.15) is 0 Å². The summed E-state index contributed by atoms with van der Waals surface area (Å²) in [4.78, 5) is 30.0. The highest BCUT2D eigenvalue weighted by atomic mass is 32.2. The lowest BCUT2D eigenvalue weighted by Crippen LogP contribution is -2.22. The molecule has 2 aromatic carbocycles. The van der Waals surface area contributed by atoms with Crippen LogP contribution in [0.15, 0.2) is 82.6 Å². The molecule has 33 heavy (non-hydrogen) atoms. The third-order valence-corrected chi connectivity index (χ3v) is 6.63. The number of hydrogen-bond donors (Lipinski definition) is 1. The van der Waals surface area contributed by atoms with Gasteiger partial charge in [-0.25, -0.2) is 4.98 Å². The monoisotopic (exact) mass is 474 g/mol. The van der Waals surface area contributed by atoms with Crippen LogP contribution in [-0.2, 0) is 11.3 Å². The Hall–Kier alpha value is -3.76. The van der Waals surface area contributed by atoms with Gasteiger partial charge in [-0.15, -0.1) is 28.1 Å². The van der Waals surface area contributed by atoms with E-state index in [9.17, 15) is 9.59 Å². The van der Waals surface area contributed by atoms with E-state index in [4.69, 9.17) is 0 Å². The second-order valence-corrected chi connectivity index (χ2v) is 8.88. The summed E-state index contributed by atoms with van der Waals surface area (Å²) in [5.74, 6) is 0.332. The van der Waals surface area contributed by atoms with Gasteiger partial charge in [0, 0.05) is 17.5 Å². The zero-order chi connectivity index (χ0) is 22.8. The number of allylic oxidation sites excluding steroid dienone is 1. The second-order valence-electron chi connectivity index (χ2n) is 7.08. The standard InChI is InChI=1S/C23H18N6O2S2/c1-2-12-28-20(31)16-10-6-7-11-18(16)29-22(28)26-27-23(29)33-14-19(30)25-21-24-17(13-32-21)15-8-4-3-5-9-15/h2-11,13H,1,12,14H2,(H,24,25,30). The second kappa shape index (κ2) is 9.00. The number of thioether (sulfide) groups is 1. The molecule has 0 saturated carbocycles. The first-order chi connectivity index (χ1) is 16.2. The van der Waals surface area contributed by atoms with E-state index in [1.165, 1.54) is 27.7 Å². The Morgan fingerprint density at radius 2 is 1.91 bits per heavy atom. The van der Waals surface area contributed by atoms with Crippen molar-refractivity contribution in [3.63, 3.8) is 0 Å². The molecule has 8 nitrogen and oxygen atoms in total. The molecule has 0 saturated heterocycles. The summed E-state index contributed by atoms with van der Waals surface area (Å²) in [5.41, 5.74) is 2.35. The number of rotatable bonds is 7. The number of anilines is 1. The molecule has 0 aliphatic rings. The molecule has 0 fully saturated rings. The number of nitrogens with zero attached hydrogens (tertiary/aromatic N) is 5. The van der Waals surface area contributed by atoms with Crippen LogP contribution >= 0.6 is 23.1 Å².